The number of hydrogen-bond donors (Lipinski definition) is 1. The van der Waals surface area contributed by atoms with Crippen LogP contribution < -0.4 is 5.32 Å². The highest BCUT2D eigenvalue weighted by Crippen LogP contribution is 2.21. The zero-order valence-electron chi connectivity index (χ0n) is 10.7. The summed E-state index contributed by atoms with van der Waals surface area (Å²) in [7, 11) is 0. The summed E-state index contributed by atoms with van der Waals surface area (Å²) in [5.74, 6) is 0.00690. The van der Waals surface area contributed by atoms with E-state index in [1.807, 2.05) is 36.6 Å². The van der Waals surface area contributed by atoms with Gasteiger partial charge in [-0.1, -0.05) is 13.0 Å². The van der Waals surface area contributed by atoms with Crippen molar-refractivity contribution in [1.82, 2.24) is 14.7 Å². The van der Waals surface area contributed by atoms with E-state index in [4.69, 9.17) is 0 Å². The highest BCUT2D eigenvalue weighted by molar-refractivity contribution is 5.95. The number of fused-ring (bicyclic) bond motifs is 1. The predicted octanol–water partition coefficient (Wildman–Crippen LogP) is 2.10. The van der Waals surface area contributed by atoms with Gasteiger partial charge < -0.3 is 5.32 Å². The van der Waals surface area contributed by atoms with Gasteiger partial charge >= 0.3 is 0 Å². The number of aryl methyl sites for hydroxylation is 2. The van der Waals surface area contributed by atoms with Crippen LogP contribution >= 0.6 is 0 Å². The van der Waals surface area contributed by atoms with Gasteiger partial charge in [0.15, 0.2) is 0 Å². The normalized spacial score (nSPS) is 15.0. The maximum Gasteiger partial charge on any atom is 0.270 e. The standard InChI is InChI=1S/C14H17N3O/c1-3-11-13(14(18)15-10-5-6-10)17-8-9(2)4-7-12(17)16-11/h4,7-8,10H,3,5-6H2,1-2H3,(H,15,18). The molecular formula is C14H17N3O. The lowest BCUT2D eigenvalue weighted by Crippen LogP contribution is -2.27. The molecule has 0 saturated heterocycles. The second-order valence-electron chi connectivity index (χ2n) is 4.94. The average Bonchev–Trinajstić information content (AvgIpc) is 3.07. The molecule has 0 spiro atoms. The van der Waals surface area contributed by atoms with Crippen molar-refractivity contribution in [1.29, 1.82) is 0 Å². The predicted molar refractivity (Wildman–Crippen MR) is 69.8 cm³/mol. The molecule has 0 radical (unpaired) electrons. The second-order valence-corrected chi connectivity index (χ2v) is 4.94. The van der Waals surface area contributed by atoms with Crippen molar-refractivity contribution in [3.05, 3.63) is 35.3 Å². The van der Waals surface area contributed by atoms with Gasteiger partial charge in [0.25, 0.3) is 5.91 Å². The molecule has 2 heterocycles. The molecule has 3 rings (SSSR count). The van der Waals surface area contributed by atoms with Gasteiger partial charge in [-0.25, -0.2) is 4.98 Å². The van der Waals surface area contributed by atoms with Gasteiger partial charge in [-0.05, 0) is 37.8 Å². The van der Waals surface area contributed by atoms with Crippen LogP contribution in [0.2, 0.25) is 0 Å². The largest absolute Gasteiger partial charge is 0.348 e. The summed E-state index contributed by atoms with van der Waals surface area (Å²) < 4.78 is 1.91. The van der Waals surface area contributed by atoms with Crippen LogP contribution in [-0.4, -0.2) is 21.3 Å². The molecule has 94 valence electrons. The molecule has 2 aromatic rings. The van der Waals surface area contributed by atoms with E-state index < -0.39 is 0 Å². The van der Waals surface area contributed by atoms with Crippen LogP contribution in [0.15, 0.2) is 18.3 Å². The first-order valence-electron chi connectivity index (χ1n) is 6.47. The fourth-order valence-electron chi connectivity index (χ4n) is 2.17. The molecule has 1 fully saturated rings. The quantitative estimate of drug-likeness (QED) is 0.897. The third-order valence-corrected chi connectivity index (χ3v) is 3.30. The zero-order valence-corrected chi connectivity index (χ0v) is 10.7. The summed E-state index contributed by atoms with van der Waals surface area (Å²) in [4.78, 5) is 16.8. The Morgan fingerprint density at radius 2 is 2.28 bits per heavy atom. The monoisotopic (exact) mass is 243 g/mol. The van der Waals surface area contributed by atoms with Crippen molar-refractivity contribution >= 4 is 11.6 Å². The van der Waals surface area contributed by atoms with Crippen LogP contribution in [0.25, 0.3) is 5.65 Å². The first-order chi connectivity index (χ1) is 8.69. The molecule has 1 aliphatic carbocycles. The van der Waals surface area contributed by atoms with Gasteiger partial charge in [0, 0.05) is 12.2 Å². The minimum absolute atomic E-state index is 0.00690. The van der Waals surface area contributed by atoms with Crippen LogP contribution in [0, 0.1) is 6.92 Å². The number of carbonyl (C=O) groups is 1. The molecule has 18 heavy (non-hydrogen) atoms. The van der Waals surface area contributed by atoms with E-state index >= 15 is 0 Å². The Morgan fingerprint density at radius 3 is 2.94 bits per heavy atom. The van der Waals surface area contributed by atoms with Crippen LogP contribution in [0.1, 0.15) is 41.5 Å². The number of amides is 1. The fraction of sp³-hybridized carbons (Fsp3) is 0.429. The zero-order chi connectivity index (χ0) is 12.7. The van der Waals surface area contributed by atoms with E-state index in [0.717, 1.165) is 36.2 Å². The Bertz CT molecular complexity index is 611. The van der Waals surface area contributed by atoms with E-state index in [2.05, 4.69) is 10.3 Å². The van der Waals surface area contributed by atoms with Gasteiger partial charge in [-0.2, -0.15) is 0 Å². The van der Waals surface area contributed by atoms with Crippen molar-refractivity contribution < 1.29 is 4.79 Å². The van der Waals surface area contributed by atoms with Crippen molar-refractivity contribution in [2.45, 2.75) is 39.2 Å². The minimum atomic E-state index is 0.00690. The van der Waals surface area contributed by atoms with Crippen molar-refractivity contribution in [2.75, 3.05) is 0 Å². The summed E-state index contributed by atoms with van der Waals surface area (Å²) in [6, 6.07) is 4.35. The maximum atomic E-state index is 12.3. The highest BCUT2D eigenvalue weighted by atomic mass is 16.2. The van der Waals surface area contributed by atoms with Crippen LogP contribution in [0.4, 0.5) is 0 Å². The summed E-state index contributed by atoms with van der Waals surface area (Å²) in [6.45, 7) is 4.05. The molecule has 0 aromatic carbocycles. The Morgan fingerprint density at radius 1 is 1.50 bits per heavy atom. The number of aromatic nitrogens is 2. The lowest BCUT2D eigenvalue weighted by molar-refractivity contribution is 0.0944. The number of pyridine rings is 1. The number of carbonyl (C=O) groups excluding carboxylic acids is 1. The number of nitrogens with one attached hydrogen (secondary N) is 1. The fourth-order valence-corrected chi connectivity index (χ4v) is 2.17. The van der Waals surface area contributed by atoms with Gasteiger partial charge in [-0.15, -0.1) is 0 Å². The van der Waals surface area contributed by atoms with Gasteiger partial charge in [0.2, 0.25) is 0 Å². The van der Waals surface area contributed by atoms with Crippen LogP contribution in [-0.2, 0) is 6.42 Å². The van der Waals surface area contributed by atoms with E-state index in [1.165, 1.54) is 0 Å². The molecule has 1 amide bonds. The molecule has 0 aliphatic heterocycles. The molecule has 4 heteroatoms. The molecule has 2 aromatic heterocycles. The third kappa shape index (κ3) is 1.88. The van der Waals surface area contributed by atoms with E-state index in [0.29, 0.717) is 11.7 Å². The third-order valence-electron chi connectivity index (χ3n) is 3.30. The Balaban J connectivity index is 2.10. The van der Waals surface area contributed by atoms with Crippen molar-refractivity contribution in [3.63, 3.8) is 0 Å². The van der Waals surface area contributed by atoms with E-state index in [9.17, 15) is 4.79 Å². The smallest absolute Gasteiger partial charge is 0.270 e. The Kier molecular flexibility index (Phi) is 2.58. The van der Waals surface area contributed by atoms with Crippen molar-refractivity contribution in [3.8, 4) is 0 Å². The Labute approximate surface area is 106 Å². The summed E-state index contributed by atoms with van der Waals surface area (Å²) in [5.41, 5.74) is 3.54. The van der Waals surface area contributed by atoms with Gasteiger partial charge in [0.05, 0.1) is 5.69 Å². The summed E-state index contributed by atoms with van der Waals surface area (Å²) >= 11 is 0. The van der Waals surface area contributed by atoms with Crippen LogP contribution in [0.5, 0.6) is 0 Å². The van der Waals surface area contributed by atoms with E-state index in [-0.39, 0.29) is 5.91 Å². The first-order valence-corrected chi connectivity index (χ1v) is 6.47. The first kappa shape index (κ1) is 11.3. The maximum absolute atomic E-state index is 12.3. The summed E-state index contributed by atoms with van der Waals surface area (Å²) in [6.07, 6.45) is 4.95. The molecule has 0 atom stereocenters. The molecule has 1 aliphatic rings. The second kappa shape index (κ2) is 4.12. The van der Waals surface area contributed by atoms with Crippen molar-refractivity contribution in [2.24, 2.45) is 0 Å². The molecule has 1 saturated carbocycles. The van der Waals surface area contributed by atoms with E-state index in [1.54, 1.807) is 0 Å². The molecule has 0 unspecified atom stereocenters. The highest BCUT2D eigenvalue weighted by Gasteiger charge is 2.26. The number of nitrogens with zero attached hydrogens (tertiary/aromatic N) is 2. The topological polar surface area (TPSA) is 46.4 Å². The SMILES string of the molecule is CCc1nc2ccc(C)cn2c1C(=O)NC1CC1. The molecular weight excluding hydrogens is 226 g/mol. The number of hydrogen-bond acceptors (Lipinski definition) is 2. The molecule has 0 bridgehead atoms. The lowest BCUT2D eigenvalue weighted by Gasteiger charge is -2.05. The summed E-state index contributed by atoms with van der Waals surface area (Å²) in [5, 5.41) is 3.04. The van der Waals surface area contributed by atoms with Gasteiger partial charge in [-0.3, -0.25) is 9.20 Å². The average molecular weight is 243 g/mol. The van der Waals surface area contributed by atoms with Crippen LogP contribution in [0.3, 0.4) is 0 Å². The lowest BCUT2D eigenvalue weighted by atomic mass is 10.2. The molecule has 1 N–H and O–H groups in total. The minimum Gasteiger partial charge on any atom is -0.348 e. The Hall–Kier alpha value is -1.84. The number of imidazole rings is 1. The van der Waals surface area contributed by atoms with Gasteiger partial charge in [0.1, 0.15) is 11.3 Å². The molecule has 4 nitrogen and oxygen atoms in total. The number of rotatable bonds is 3.